The molecule has 0 saturated carbocycles. The van der Waals surface area contributed by atoms with Gasteiger partial charge in [-0.2, -0.15) is 0 Å². The number of carbonyl (C=O) groups is 4. The average molecular weight is 525 g/mol. The lowest BCUT2D eigenvalue weighted by Gasteiger charge is -2.15. The Balaban J connectivity index is 1.76. The van der Waals surface area contributed by atoms with Crippen LogP contribution in [0.3, 0.4) is 0 Å². The molecule has 2 N–H and O–H groups in total. The number of methoxy groups -OCH3 is 2. The fourth-order valence-electron chi connectivity index (χ4n) is 4.62. The van der Waals surface area contributed by atoms with Gasteiger partial charge in [-0.3, -0.25) is 19.2 Å². The highest BCUT2D eigenvalue weighted by atomic mass is 16.5. The van der Waals surface area contributed by atoms with Gasteiger partial charge in [0.15, 0.2) is 5.78 Å². The van der Waals surface area contributed by atoms with E-state index in [0.29, 0.717) is 50.3 Å². The number of benzene rings is 2. The first kappa shape index (κ1) is 29.0. The molecule has 2 aromatic rings. The molecule has 0 spiro atoms. The van der Waals surface area contributed by atoms with Gasteiger partial charge in [-0.25, -0.2) is 0 Å². The van der Waals surface area contributed by atoms with Crippen molar-refractivity contribution < 1.29 is 33.4 Å². The molecule has 9 heteroatoms. The number of fused-ring (bicyclic) bond motifs is 3. The molecule has 1 aliphatic rings. The summed E-state index contributed by atoms with van der Waals surface area (Å²) >= 11 is 0. The van der Waals surface area contributed by atoms with E-state index >= 15 is 0 Å². The van der Waals surface area contributed by atoms with Gasteiger partial charge >= 0.3 is 5.97 Å². The number of amides is 2. The van der Waals surface area contributed by atoms with Crippen LogP contribution in [0.1, 0.15) is 66.4 Å². The maximum atomic E-state index is 13.1. The molecule has 0 radical (unpaired) electrons. The minimum absolute atomic E-state index is 0.0293. The zero-order valence-electron chi connectivity index (χ0n) is 22.3. The van der Waals surface area contributed by atoms with E-state index in [1.807, 2.05) is 30.3 Å². The molecule has 9 nitrogen and oxygen atoms in total. The van der Waals surface area contributed by atoms with Crippen molar-refractivity contribution in [3.8, 4) is 11.1 Å². The quantitative estimate of drug-likeness (QED) is 0.206. The van der Waals surface area contributed by atoms with Crippen molar-refractivity contribution in [1.29, 1.82) is 0 Å². The van der Waals surface area contributed by atoms with Crippen molar-refractivity contribution in [1.82, 2.24) is 5.32 Å². The lowest BCUT2D eigenvalue weighted by Crippen LogP contribution is -2.26. The van der Waals surface area contributed by atoms with Crippen molar-refractivity contribution in [3.05, 3.63) is 53.1 Å². The van der Waals surface area contributed by atoms with Crippen LogP contribution in [0.5, 0.6) is 0 Å². The minimum atomic E-state index is -0.387. The standard InChI is InChI=1S/C29H36N2O7/c1-19(32)38-18-25-21-7-4-8-23(26(33)9-6-15-36-2)29(21)22-13-12-20(17-24(22)25)31-28(35)11-5-10-27(34)30-14-16-37-3/h4,7-8,12-13,17,25H,5-6,9-11,14-16,18H2,1-3H3,(H,30,34)(H,31,35). The van der Waals surface area contributed by atoms with Gasteiger partial charge in [-0.05, 0) is 47.2 Å². The largest absolute Gasteiger partial charge is 0.465 e. The molecule has 2 amide bonds. The molecule has 0 bridgehead atoms. The number of Topliss-reactive ketones (excluding diaryl/α,β-unsaturated/α-hetero) is 1. The molecular formula is C29H36N2O7. The Morgan fingerprint density at radius 3 is 2.37 bits per heavy atom. The van der Waals surface area contributed by atoms with Gasteiger partial charge in [-0.1, -0.05) is 24.3 Å². The Morgan fingerprint density at radius 1 is 0.868 bits per heavy atom. The van der Waals surface area contributed by atoms with Gasteiger partial charge in [0.25, 0.3) is 0 Å². The van der Waals surface area contributed by atoms with Crippen LogP contribution in [-0.4, -0.2) is 64.2 Å². The van der Waals surface area contributed by atoms with Crippen molar-refractivity contribution in [2.75, 3.05) is 45.9 Å². The Hall–Kier alpha value is -3.56. The highest BCUT2D eigenvalue weighted by molar-refractivity contribution is 6.05. The summed E-state index contributed by atoms with van der Waals surface area (Å²) in [5.74, 6) is -0.936. The molecule has 1 aliphatic carbocycles. The van der Waals surface area contributed by atoms with Crippen molar-refractivity contribution >= 4 is 29.3 Å². The maximum Gasteiger partial charge on any atom is 0.302 e. The fraction of sp³-hybridized carbons (Fsp3) is 0.448. The van der Waals surface area contributed by atoms with Crippen LogP contribution in [0.2, 0.25) is 0 Å². The second-order valence-electron chi connectivity index (χ2n) is 9.19. The maximum absolute atomic E-state index is 13.1. The summed E-state index contributed by atoms with van der Waals surface area (Å²) in [6.07, 6.45) is 1.87. The first-order chi connectivity index (χ1) is 18.3. The predicted octanol–water partition coefficient (Wildman–Crippen LogP) is 3.84. The van der Waals surface area contributed by atoms with E-state index in [1.165, 1.54) is 6.92 Å². The molecule has 0 heterocycles. The second kappa shape index (κ2) is 14.4. The normalized spacial score (nSPS) is 13.4. The molecular weight excluding hydrogens is 488 g/mol. The number of carbonyl (C=O) groups excluding carboxylic acids is 4. The number of esters is 1. The smallest absolute Gasteiger partial charge is 0.302 e. The van der Waals surface area contributed by atoms with E-state index in [9.17, 15) is 19.2 Å². The van der Waals surface area contributed by atoms with Crippen molar-refractivity contribution in [2.24, 2.45) is 0 Å². The summed E-state index contributed by atoms with van der Waals surface area (Å²) in [4.78, 5) is 49.0. The number of rotatable bonds is 15. The first-order valence-electron chi connectivity index (χ1n) is 12.8. The molecule has 1 atom stereocenters. The van der Waals surface area contributed by atoms with Crippen LogP contribution >= 0.6 is 0 Å². The second-order valence-corrected chi connectivity index (χ2v) is 9.19. The molecule has 2 aromatic carbocycles. The zero-order valence-corrected chi connectivity index (χ0v) is 22.3. The van der Waals surface area contributed by atoms with Crippen LogP contribution in [0, 0.1) is 0 Å². The predicted molar refractivity (Wildman–Crippen MR) is 143 cm³/mol. The zero-order chi connectivity index (χ0) is 27.5. The van der Waals surface area contributed by atoms with Gasteiger partial charge in [0.1, 0.15) is 6.61 Å². The Morgan fingerprint density at radius 2 is 1.63 bits per heavy atom. The summed E-state index contributed by atoms with van der Waals surface area (Å²) < 4.78 is 15.4. The summed E-state index contributed by atoms with van der Waals surface area (Å²) in [5.41, 5.74) is 4.77. The molecule has 204 valence electrons. The van der Waals surface area contributed by atoms with Gasteiger partial charge in [0.2, 0.25) is 11.8 Å². The molecule has 3 rings (SSSR count). The SMILES string of the molecule is COCCCC(=O)c1cccc2c1-c1ccc(NC(=O)CCCC(=O)NCCOC)cc1C2COC(C)=O. The number of hydrogen-bond donors (Lipinski definition) is 2. The van der Waals surface area contributed by atoms with Gasteiger partial charge in [0, 0.05) is 70.7 Å². The summed E-state index contributed by atoms with van der Waals surface area (Å²) in [6.45, 7) is 2.88. The Kier molecular flexibility index (Phi) is 11.0. The van der Waals surface area contributed by atoms with Crippen LogP contribution in [0.25, 0.3) is 11.1 Å². The van der Waals surface area contributed by atoms with E-state index in [2.05, 4.69) is 10.6 Å². The van der Waals surface area contributed by atoms with Gasteiger partial charge < -0.3 is 24.8 Å². The summed E-state index contributed by atoms with van der Waals surface area (Å²) in [5, 5.41) is 5.64. The number of ketones is 1. The summed E-state index contributed by atoms with van der Waals surface area (Å²) in [6, 6.07) is 11.2. The van der Waals surface area contributed by atoms with E-state index in [4.69, 9.17) is 14.2 Å². The number of ether oxygens (including phenoxy) is 3. The Bertz CT molecular complexity index is 1160. The van der Waals surface area contributed by atoms with Crippen LogP contribution in [-0.2, 0) is 28.6 Å². The summed E-state index contributed by atoms with van der Waals surface area (Å²) in [7, 11) is 3.17. The van der Waals surface area contributed by atoms with E-state index < -0.39 is 0 Å². The van der Waals surface area contributed by atoms with E-state index in [-0.39, 0.29) is 48.9 Å². The monoisotopic (exact) mass is 524 g/mol. The van der Waals surface area contributed by atoms with Crippen LogP contribution < -0.4 is 10.6 Å². The number of anilines is 1. The third-order valence-electron chi connectivity index (χ3n) is 6.39. The molecule has 0 saturated heterocycles. The number of hydrogen-bond acceptors (Lipinski definition) is 7. The lowest BCUT2D eigenvalue weighted by molar-refractivity contribution is -0.141. The van der Waals surface area contributed by atoms with Crippen LogP contribution in [0.15, 0.2) is 36.4 Å². The fourth-order valence-corrected chi connectivity index (χ4v) is 4.62. The van der Waals surface area contributed by atoms with Crippen molar-refractivity contribution in [2.45, 2.75) is 44.9 Å². The molecule has 38 heavy (non-hydrogen) atoms. The van der Waals surface area contributed by atoms with Crippen molar-refractivity contribution in [3.63, 3.8) is 0 Å². The lowest BCUT2D eigenvalue weighted by atomic mass is 9.93. The third kappa shape index (κ3) is 7.72. The van der Waals surface area contributed by atoms with Gasteiger partial charge in [0.05, 0.1) is 6.61 Å². The highest BCUT2D eigenvalue weighted by Crippen LogP contribution is 2.47. The topological polar surface area (TPSA) is 120 Å². The van der Waals surface area contributed by atoms with E-state index in [0.717, 1.165) is 22.3 Å². The van der Waals surface area contributed by atoms with Crippen LogP contribution in [0.4, 0.5) is 5.69 Å². The Labute approximate surface area is 223 Å². The third-order valence-corrected chi connectivity index (χ3v) is 6.39. The average Bonchev–Trinajstić information content (AvgIpc) is 3.20. The molecule has 1 unspecified atom stereocenters. The van der Waals surface area contributed by atoms with E-state index in [1.54, 1.807) is 20.3 Å². The number of nitrogens with one attached hydrogen (secondary N) is 2. The molecule has 0 fully saturated rings. The molecule has 0 aliphatic heterocycles. The van der Waals surface area contributed by atoms with Gasteiger partial charge in [-0.15, -0.1) is 0 Å². The minimum Gasteiger partial charge on any atom is -0.465 e. The molecule has 0 aromatic heterocycles. The highest BCUT2D eigenvalue weighted by Gasteiger charge is 2.33. The first-order valence-corrected chi connectivity index (χ1v) is 12.8.